The van der Waals surface area contributed by atoms with Gasteiger partial charge in [-0.3, -0.25) is 9.10 Å². The van der Waals surface area contributed by atoms with Crippen molar-refractivity contribution in [2.75, 3.05) is 24.0 Å². The van der Waals surface area contributed by atoms with Crippen molar-refractivity contribution >= 4 is 21.6 Å². The van der Waals surface area contributed by atoms with Gasteiger partial charge in [-0.15, -0.1) is 0 Å². The number of nitrogens with zero attached hydrogens (tertiary/aromatic N) is 2. The maximum absolute atomic E-state index is 13.5. The normalized spacial score (nSPS) is 16.8. The smallest absolute Gasteiger partial charge is 0.270 e. The van der Waals surface area contributed by atoms with E-state index in [2.05, 4.69) is 10.5 Å². The molecule has 0 aliphatic carbocycles. The largest absolute Gasteiger partial charge is 0.376 e. The molecule has 1 N–H and O–H groups in total. The Bertz CT molecular complexity index is 954. The van der Waals surface area contributed by atoms with Crippen LogP contribution in [0.15, 0.2) is 27.6 Å². The summed E-state index contributed by atoms with van der Waals surface area (Å²) >= 11 is 0. The molecule has 158 valence electrons. The molecule has 0 bridgehead atoms. The first-order valence-electron chi connectivity index (χ1n) is 9.60. The monoisotopic (exact) mass is 421 g/mol. The number of benzene rings is 1. The molecule has 1 aliphatic heterocycles. The molecule has 0 saturated carbocycles. The van der Waals surface area contributed by atoms with E-state index in [9.17, 15) is 13.2 Å². The van der Waals surface area contributed by atoms with Crippen LogP contribution in [0.4, 0.5) is 5.69 Å². The van der Waals surface area contributed by atoms with Crippen LogP contribution in [0.25, 0.3) is 0 Å². The topological polar surface area (TPSA) is 102 Å². The highest BCUT2D eigenvalue weighted by atomic mass is 32.2. The third-order valence-corrected chi connectivity index (χ3v) is 6.87. The van der Waals surface area contributed by atoms with Crippen molar-refractivity contribution in [3.8, 4) is 0 Å². The van der Waals surface area contributed by atoms with Gasteiger partial charge in [0.05, 0.1) is 11.8 Å². The molecule has 29 heavy (non-hydrogen) atoms. The summed E-state index contributed by atoms with van der Waals surface area (Å²) in [5.74, 6) is -0.202. The molecule has 1 fully saturated rings. The summed E-state index contributed by atoms with van der Waals surface area (Å²) in [6, 6.07) is 5.44. The first-order valence-corrected chi connectivity index (χ1v) is 11.0. The molecule has 1 atom stereocenters. The molecule has 1 aliphatic rings. The first kappa shape index (κ1) is 21.3. The standard InChI is InChI=1S/C20H27N3O5S/c1-13-8-14(2)10-17(9-13)23(12-19(24)21-11-18-6-5-7-27-18)29(25,26)20-15(3)22-28-16(20)4/h8-10,18H,5-7,11-12H2,1-4H3,(H,21,24)/t18-/m1/s1. The van der Waals surface area contributed by atoms with Crippen LogP contribution in [0.1, 0.15) is 35.4 Å². The van der Waals surface area contributed by atoms with Crippen LogP contribution in [0.5, 0.6) is 0 Å². The van der Waals surface area contributed by atoms with Gasteiger partial charge in [-0.05, 0) is 63.8 Å². The molecule has 8 nitrogen and oxygen atoms in total. The number of ether oxygens (including phenoxy) is 1. The molecule has 1 aromatic heterocycles. The van der Waals surface area contributed by atoms with Gasteiger partial charge in [-0.1, -0.05) is 11.2 Å². The maximum Gasteiger partial charge on any atom is 0.270 e. The van der Waals surface area contributed by atoms with Crippen molar-refractivity contribution in [1.82, 2.24) is 10.5 Å². The van der Waals surface area contributed by atoms with Gasteiger partial charge >= 0.3 is 0 Å². The number of hydrogen-bond donors (Lipinski definition) is 1. The van der Waals surface area contributed by atoms with E-state index in [1.807, 2.05) is 19.9 Å². The van der Waals surface area contributed by atoms with E-state index >= 15 is 0 Å². The van der Waals surface area contributed by atoms with Crippen molar-refractivity contribution in [3.63, 3.8) is 0 Å². The number of nitrogens with one attached hydrogen (secondary N) is 1. The maximum atomic E-state index is 13.5. The molecular weight excluding hydrogens is 394 g/mol. The van der Waals surface area contributed by atoms with Crippen molar-refractivity contribution in [3.05, 3.63) is 40.8 Å². The van der Waals surface area contributed by atoms with Crippen molar-refractivity contribution in [2.45, 2.75) is 51.5 Å². The minimum atomic E-state index is -4.05. The van der Waals surface area contributed by atoms with E-state index in [-0.39, 0.29) is 29.0 Å². The molecular formula is C20H27N3O5S. The van der Waals surface area contributed by atoms with E-state index < -0.39 is 15.9 Å². The van der Waals surface area contributed by atoms with Crippen LogP contribution in [0.3, 0.4) is 0 Å². The Hall–Kier alpha value is -2.39. The SMILES string of the molecule is Cc1cc(C)cc(N(CC(=O)NC[C@H]2CCCO2)S(=O)(=O)c2c(C)noc2C)c1. The predicted octanol–water partition coefficient (Wildman–Crippen LogP) is 2.40. The number of sulfonamides is 1. The fraction of sp³-hybridized carbons (Fsp3) is 0.500. The van der Waals surface area contributed by atoms with E-state index in [0.717, 1.165) is 28.3 Å². The molecule has 1 saturated heterocycles. The zero-order valence-electron chi connectivity index (χ0n) is 17.2. The van der Waals surface area contributed by atoms with Gasteiger partial charge in [0.25, 0.3) is 10.0 Å². The van der Waals surface area contributed by atoms with E-state index in [0.29, 0.717) is 18.8 Å². The molecule has 9 heteroatoms. The molecule has 1 aromatic carbocycles. The molecule has 0 radical (unpaired) electrons. The Balaban J connectivity index is 1.92. The number of hydrogen-bond acceptors (Lipinski definition) is 6. The van der Waals surface area contributed by atoms with Gasteiger partial charge in [0.1, 0.15) is 12.2 Å². The van der Waals surface area contributed by atoms with Crippen LogP contribution in [-0.2, 0) is 19.6 Å². The Labute approximate surface area is 171 Å². The minimum absolute atomic E-state index is 0.0106. The second-order valence-electron chi connectivity index (χ2n) is 7.45. The fourth-order valence-electron chi connectivity index (χ4n) is 3.58. The highest BCUT2D eigenvalue weighted by molar-refractivity contribution is 7.93. The number of carbonyl (C=O) groups is 1. The van der Waals surface area contributed by atoms with Gasteiger partial charge in [0, 0.05) is 13.2 Å². The predicted molar refractivity (Wildman–Crippen MR) is 108 cm³/mol. The number of carbonyl (C=O) groups excluding carboxylic acids is 1. The molecule has 3 rings (SSSR count). The summed E-state index contributed by atoms with van der Waals surface area (Å²) in [6.45, 7) is 7.59. The number of aromatic nitrogens is 1. The number of aryl methyl sites for hydroxylation is 4. The summed E-state index contributed by atoms with van der Waals surface area (Å²) in [6.07, 6.45) is 1.83. The van der Waals surface area contributed by atoms with Crippen LogP contribution in [0, 0.1) is 27.7 Å². The van der Waals surface area contributed by atoms with E-state index in [1.165, 1.54) is 0 Å². The summed E-state index contributed by atoms with van der Waals surface area (Å²) in [5.41, 5.74) is 2.49. The summed E-state index contributed by atoms with van der Waals surface area (Å²) < 4.78 is 38.6. The second kappa shape index (κ2) is 8.54. The summed E-state index contributed by atoms with van der Waals surface area (Å²) in [5, 5.41) is 6.56. The summed E-state index contributed by atoms with van der Waals surface area (Å²) in [4.78, 5) is 12.6. The molecule has 2 heterocycles. The Morgan fingerprint density at radius 3 is 2.45 bits per heavy atom. The van der Waals surface area contributed by atoms with E-state index in [4.69, 9.17) is 9.26 Å². The molecule has 0 spiro atoms. The zero-order valence-corrected chi connectivity index (χ0v) is 18.0. The third kappa shape index (κ3) is 4.79. The highest BCUT2D eigenvalue weighted by Crippen LogP contribution is 2.29. The lowest BCUT2D eigenvalue weighted by molar-refractivity contribution is -0.120. The number of rotatable bonds is 7. The van der Waals surface area contributed by atoms with Crippen LogP contribution < -0.4 is 9.62 Å². The Morgan fingerprint density at radius 1 is 1.21 bits per heavy atom. The van der Waals surface area contributed by atoms with Crippen molar-refractivity contribution in [1.29, 1.82) is 0 Å². The Morgan fingerprint density at radius 2 is 1.90 bits per heavy atom. The lowest BCUT2D eigenvalue weighted by Gasteiger charge is -2.25. The number of anilines is 1. The molecule has 0 unspecified atom stereocenters. The number of amides is 1. The van der Waals surface area contributed by atoms with E-state index in [1.54, 1.807) is 26.0 Å². The molecule has 1 amide bonds. The lowest BCUT2D eigenvalue weighted by atomic mass is 10.1. The Kier molecular flexibility index (Phi) is 6.28. The van der Waals surface area contributed by atoms with Gasteiger partial charge in [-0.2, -0.15) is 0 Å². The van der Waals surface area contributed by atoms with Gasteiger partial charge < -0.3 is 14.6 Å². The van der Waals surface area contributed by atoms with Gasteiger partial charge in [0.15, 0.2) is 10.7 Å². The highest BCUT2D eigenvalue weighted by Gasteiger charge is 2.33. The average molecular weight is 422 g/mol. The quantitative estimate of drug-likeness (QED) is 0.737. The first-order chi connectivity index (χ1) is 13.7. The fourth-order valence-corrected chi connectivity index (χ4v) is 5.28. The second-order valence-corrected chi connectivity index (χ2v) is 9.25. The lowest BCUT2D eigenvalue weighted by Crippen LogP contribution is -2.43. The third-order valence-electron chi connectivity index (χ3n) is 4.85. The zero-order chi connectivity index (χ0) is 21.2. The van der Waals surface area contributed by atoms with Crippen molar-refractivity contribution in [2.24, 2.45) is 0 Å². The van der Waals surface area contributed by atoms with Crippen LogP contribution in [-0.4, -0.2) is 45.3 Å². The minimum Gasteiger partial charge on any atom is -0.376 e. The average Bonchev–Trinajstić information content (AvgIpc) is 3.26. The van der Waals surface area contributed by atoms with Crippen LogP contribution in [0.2, 0.25) is 0 Å². The molecule has 2 aromatic rings. The van der Waals surface area contributed by atoms with Crippen molar-refractivity contribution < 1.29 is 22.5 Å². The summed E-state index contributed by atoms with van der Waals surface area (Å²) in [7, 11) is -4.05. The van der Waals surface area contributed by atoms with Gasteiger partial charge in [-0.25, -0.2) is 8.42 Å². The van der Waals surface area contributed by atoms with Gasteiger partial charge in [0.2, 0.25) is 5.91 Å². The van der Waals surface area contributed by atoms with Crippen LogP contribution >= 0.6 is 0 Å².